The minimum Gasteiger partial charge on any atom is -0.493 e. The minimum absolute atomic E-state index is 0.665. The second-order valence-corrected chi connectivity index (χ2v) is 8.69. The van der Waals surface area contributed by atoms with E-state index in [2.05, 4.69) is 43.3 Å². The first kappa shape index (κ1) is 21.9. The fourth-order valence-electron chi connectivity index (χ4n) is 4.80. The van der Waals surface area contributed by atoms with Gasteiger partial charge in [0, 0.05) is 21.9 Å². The summed E-state index contributed by atoms with van der Waals surface area (Å²) in [5, 5.41) is 8.08. The highest BCUT2D eigenvalue weighted by atomic mass is 16.5. The lowest BCUT2D eigenvalue weighted by molar-refractivity contribution is 0.356. The van der Waals surface area contributed by atoms with Crippen LogP contribution in [0.4, 0.5) is 0 Å². The molecule has 0 aliphatic heterocycles. The van der Waals surface area contributed by atoms with Gasteiger partial charge in [-0.05, 0) is 36.8 Å². The van der Waals surface area contributed by atoms with Gasteiger partial charge >= 0.3 is 0 Å². The molecule has 0 unspecified atom stereocenters. The minimum atomic E-state index is 0.665. The van der Waals surface area contributed by atoms with Crippen LogP contribution in [0.1, 0.15) is 5.56 Å². The van der Waals surface area contributed by atoms with Crippen LogP contribution in [0.15, 0.2) is 97.1 Å². The molecule has 0 amide bonds. The van der Waals surface area contributed by atoms with Crippen LogP contribution in [-0.4, -0.2) is 29.0 Å². The van der Waals surface area contributed by atoms with Gasteiger partial charge in [-0.25, -0.2) is 9.67 Å². The average molecular weight is 472 g/mol. The first-order valence-corrected chi connectivity index (χ1v) is 11.8. The van der Waals surface area contributed by atoms with E-state index in [1.165, 1.54) is 0 Å². The first-order chi connectivity index (χ1) is 17.7. The Balaban J connectivity index is 1.83. The van der Waals surface area contributed by atoms with Gasteiger partial charge in [0.2, 0.25) is 0 Å². The SMILES string of the molecule is COc1cc2c(-c3ccccc3C)nc3c(c(-c4ccccc4)nn3-c3ccccc3)c2cc1OC. The van der Waals surface area contributed by atoms with Crippen LogP contribution in [0, 0.1) is 6.92 Å². The van der Waals surface area contributed by atoms with Crippen LogP contribution < -0.4 is 9.47 Å². The lowest BCUT2D eigenvalue weighted by Gasteiger charge is -2.15. The highest BCUT2D eigenvalue weighted by molar-refractivity contribution is 6.16. The van der Waals surface area contributed by atoms with E-state index in [1.54, 1.807) is 14.2 Å². The second kappa shape index (κ2) is 8.86. The van der Waals surface area contributed by atoms with Gasteiger partial charge in [-0.15, -0.1) is 0 Å². The second-order valence-electron chi connectivity index (χ2n) is 8.69. The van der Waals surface area contributed by atoms with Gasteiger partial charge in [0.15, 0.2) is 17.1 Å². The zero-order valence-electron chi connectivity index (χ0n) is 20.4. The monoisotopic (exact) mass is 471 g/mol. The number of methoxy groups -OCH3 is 2. The predicted molar refractivity (Wildman–Crippen MR) is 145 cm³/mol. The number of aryl methyl sites for hydroxylation is 1. The Labute approximate surface area is 209 Å². The van der Waals surface area contributed by atoms with Gasteiger partial charge < -0.3 is 9.47 Å². The molecule has 36 heavy (non-hydrogen) atoms. The van der Waals surface area contributed by atoms with Crippen molar-refractivity contribution in [2.75, 3.05) is 14.2 Å². The number of benzene rings is 4. The molecule has 0 atom stereocenters. The highest BCUT2D eigenvalue weighted by Gasteiger charge is 2.23. The maximum Gasteiger partial charge on any atom is 0.164 e. The van der Waals surface area contributed by atoms with E-state index in [-0.39, 0.29) is 0 Å². The van der Waals surface area contributed by atoms with E-state index in [0.29, 0.717) is 11.5 Å². The van der Waals surface area contributed by atoms with E-state index in [4.69, 9.17) is 19.6 Å². The van der Waals surface area contributed by atoms with Gasteiger partial charge in [-0.1, -0.05) is 72.8 Å². The fraction of sp³-hybridized carbons (Fsp3) is 0.0968. The van der Waals surface area contributed by atoms with Crippen LogP contribution in [0.5, 0.6) is 11.5 Å². The molecule has 6 rings (SSSR count). The number of hydrogen-bond donors (Lipinski definition) is 0. The largest absolute Gasteiger partial charge is 0.493 e. The summed E-state index contributed by atoms with van der Waals surface area (Å²) in [7, 11) is 3.32. The van der Waals surface area contributed by atoms with Crippen LogP contribution in [0.2, 0.25) is 0 Å². The number of pyridine rings is 1. The molecular formula is C31H25N3O2. The molecule has 0 spiro atoms. The average Bonchev–Trinajstić information content (AvgIpc) is 3.33. The summed E-state index contributed by atoms with van der Waals surface area (Å²) < 4.78 is 13.4. The van der Waals surface area contributed by atoms with Crippen molar-refractivity contribution < 1.29 is 9.47 Å². The van der Waals surface area contributed by atoms with Gasteiger partial charge in [-0.3, -0.25) is 0 Å². The molecular weight excluding hydrogens is 446 g/mol. The van der Waals surface area contributed by atoms with Gasteiger partial charge in [-0.2, -0.15) is 5.10 Å². The van der Waals surface area contributed by atoms with Crippen LogP contribution >= 0.6 is 0 Å². The van der Waals surface area contributed by atoms with Crippen LogP contribution in [0.25, 0.3) is 50.0 Å². The molecule has 2 heterocycles. The van der Waals surface area contributed by atoms with E-state index < -0.39 is 0 Å². The van der Waals surface area contributed by atoms with Gasteiger partial charge in [0.05, 0.1) is 31.0 Å². The Kier molecular flexibility index (Phi) is 5.38. The number of rotatable bonds is 5. The number of fused-ring (bicyclic) bond motifs is 3. The standard InChI is InChI=1S/C31H25N3O2/c1-20-12-10-11-17-23(20)30-25-19-27(36-3)26(35-2)18-24(25)28-29(21-13-6-4-7-14-21)33-34(31(28)32-30)22-15-8-5-9-16-22/h4-19H,1-3H3. The maximum atomic E-state index is 5.73. The lowest BCUT2D eigenvalue weighted by atomic mass is 9.96. The molecule has 0 fully saturated rings. The van der Waals surface area contributed by atoms with Crippen LogP contribution in [0.3, 0.4) is 0 Å². The highest BCUT2D eigenvalue weighted by Crippen LogP contribution is 2.43. The van der Waals surface area contributed by atoms with Crippen molar-refractivity contribution in [3.05, 3.63) is 103 Å². The lowest BCUT2D eigenvalue weighted by Crippen LogP contribution is -2.00. The Morgan fingerprint density at radius 3 is 1.94 bits per heavy atom. The number of aromatic nitrogens is 3. The molecule has 176 valence electrons. The van der Waals surface area contributed by atoms with Crippen molar-refractivity contribution in [2.45, 2.75) is 6.92 Å². The maximum absolute atomic E-state index is 5.73. The molecule has 0 aliphatic rings. The molecule has 6 aromatic rings. The van der Waals surface area contributed by atoms with E-state index >= 15 is 0 Å². The number of nitrogens with zero attached hydrogens (tertiary/aromatic N) is 3. The van der Waals surface area contributed by atoms with Crippen LogP contribution in [-0.2, 0) is 0 Å². The molecule has 0 bridgehead atoms. The summed E-state index contributed by atoms with van der Waals surface area (Å²) in [4.78, 5) is 5.29. The first-order valence-electron chi connectivity index (χ1n) is 11.8. The van der Waals surface area contributed by atoms with Crippen molar-refractivity contribution in [3.8, 4) is 39.7 Å². The van der Waals surface area contributed by atoms with Gasteiger partial charge in [0.1, 0.15) is 5.69 Å². The van der Waals surface area contributed by atoms with Crippen molar-refractivity contribution in [1.82, 2.24) is 14.8 Å². The van der Waals surface area contributed by atoms with Crippen molar-refractivity contribution in [1.29, 1.82) is 0 Å². The Hall–Kier alpha value is -4.64. The predicted octanol–water partition coefficient (Wildman–Crippen LogP) is 7.23. The summed E-state index contributed by atoms with van der Waals surface area (Å²) in [6.07, 6.45) is 0. The molecule has 5 heteroatoms. The topological polar surface area (TPSA) is 49.2 Å². The smallest absolute Gasteiger partial charge is 0.164 e. The molecule has 5 nitrogen and oxygen atoms in total. The number of para-hydroxylation sites is 1. The summed E-state index contributed by atoms with van der Waals surface area (Å²) >= 11 is 0. The van der Waals surface area contributed by atoms with E-state index in [0.717, 1.165) is 55.6 Å². The number of ether oxygens (including phenoxy) is 2. The summed E-state index contributed by atoms with van der Waals surface area (Å²) in [6, 6.07) is 32.8. The van der Waals surface area contributed by atoms with E-state index in [9.17, 15) is 0 Å². The molecule has 0 aliphatic carbocycles. The molecule has 0 saturated heterocycles. The quantitative estimate of drug-likeness (QED) is 0.266. The molecule has 2 aromatic heterocycles. The third-order valence-electron chi connectivity index (χ3n) is 6.58. The summed E-state index contributed by atoms with van der Waals surface area (Å²) in [5.74, 6) is 1.33. The molecule has 0 saturated carbocycles. The Morgan fingerprint density at radius 1 is 0.667 bits per heavy atom. The third-order valence-corrected chi connectivity index (χ3v) is 6.58. The molecule has 0 N–H and O–H groups in total. The van der Waals surface area contributed by atoms with Crippen molar-refractivity contribution >= 4 is 21.8 Å². The summed E-state index contributed by atoms with van der Waals surface area (Å²) in [6.45, 7) is 2.11. The third kappa shape index (κ3) is 3.48. The number of hydrogen-bond acceptors (Lipinski definition) is 4. The normalized spacial score (nSPS) is 11.2. The zero-order valence-corrected chi connectivity index (χ0v) is 20.4. The molecule has 0 radical (unpaired) electrons. The molecule has 4 aromatic carbocycles. The zero-order chi connectivity index (χ0) is 24.6. The van der Waals surface area contributed by atoms with E-state index in [1.807, 2.05) is 65.3 Å². The Morgan fingerprint density at radius 2 is 1.28 bits per heavy atom. The van der Waals surface area contributed by atoms with Crippen molar-refractivity contribution in [2.24, 2.45) is 0 Å². The fourth-order valence-corrected chi connectivity index (χ4v) is 4.80. The Bertz CT molecular complexity index is 1710. The summed E-state index contributed by atoms with van der Waals surface area (Å²) in [5.41, 5.74) is 6.74. The van der Waals surface area contributed by atoms with Gasteiger partial charge in [0.25, 0.3) is 0 Å². The van der Waals surface area contributed by atoms with Crippen molar-refractivity contribution in [3.63, 3.8) is 0 Å².